The highest BCUT2D eigenvalue weighted by Gasteiger charge is 2.20. The molecule has 1 aromatic carbocycles. The molecule has 6 nitrogen and oxygen atoms in total. The Balaban J connectivity index is 1.69. The fourth-order valence-corrected chi connectivity index (χ4v) is 2.93. The van der Waals surface area contributed by atoms with Crippen LogP contribution in [0.2, 0.25) is 0 Å². The van der Waals surface area contributed by atoms with Crippen molar-refractivity contribution in [3.8, 4) is 0 Å². The van der Waals surface area contributed by atoms with Gasteiger partial charge in [0.15, 0.2) is 0 Å². The topological polar surface area (TPSA) is 61.4 Å². The normalized spacial score (nSPS) is 14.2. The summed E-state index contributed by atoms with van der Waals surface area (Å²) in [7, 11) is 0. The van der Waals surface area contributed by atoms with E-state index < -0.39 is 0 Å². The van der Waals surface area contributed by atoms with Crippen molar-refractivity contribution in [1.29, 1.82) is 0 Å². The number of aryl methyl sites for hydroxylation is 1. The highest BCUT2D eigenvalue weighted by atomic mass is 19.1. The number of nitrogens with zero attached hydrogens (tertiary/aromatic N) is 4. The number of benzene rings is 1. The van der Waals surface area contributed by atoms with Gasteiger partial charge in [0.1, 0.15) is 23.2 Å². The molecule has 136 valence electrons. The molecule has 1 aromatic heterocycles. The van der Waals surface area contributed by atoms with E-state index in [1.807, 2.05) is 0 Å². The van der Waals surface area contributed by atoms with E-state index in [0.29, 0.717) is 18.1 Å². The van der Waals surface area contributed by atoms with Gasteiger partial charge in [-0.3, -0.25) is 4.79 Å². The van der Waals surface area contributed by atoms with Crippen molar-refractivity contribution in [1.82, 2.24) is 15.3 Å². The van der Waals surface area contributed by atoms with Gasteiger partial charge in [-0.15, -0.1) is 6.58 Å². The molecule has 0 radical (unpaired) electrons. The van der Waals surface area contributed by atoms with E-state index in [4.69, 9.17) is 0 Å². The summed E-state index contributed by atoms with van der Waals surface area (Å²) in [6.07, 6.45) is 1.63. The average molecular weight is 355 g/mol. The smallest absolute Gasteiger partial charge is 0.270 e. The first kappa shape index (κ1) is 17.8. The quantitative estimate of drug-likeness (QED) is 0.833. The van der Waals surface area contributed by atoms with Gasteiger partial charge in [0.05, 0.1) is 0 Å². The predicted octanol–water partition coefficient (Wildman–Crippen LogP) is 2.17. The van der Waals surface area contributed by atoms with Crippen molar-refractivity contribution in [2.45, 2.75) is 6.92 Å². The maximum absolute atomic E-state index is 13.1. The summed E-state index contributed by atoms with van der Waals surface area (Å²) in [6.45, 7) is 8.89. The number of anilines is 2. The zero-order chi connectivity index (χ0) is 18.5. The van der Waals surface area contributed by atoms with Crippen LogP contribution in [-0.4, -0.2) is 48.6 Å². The molecule has 1 N–H and O–H groups in total. The van der Waals surface area contributed by atoms with Gasteiger partial charge in [-0.25, -0.2) is 14.4 Å². The van der Waals surface area contributed by atoms with E-state index in [9.17, 15) is 9.18 Å². The first-order valence-corrected chi connectivity index (χ1v) is 8.57. The molecule has 0 atom stereocenters. The summed E-state index contributed by atoms with van der Waals surface area (Å²) in [5, 5.41) is 2.73. The second-order valence-corrected chi connectivity index (χ2v) is 6.11. The van der Waals surface area contributed by atoms with E-state index in [1.54, 1.807) is 31.2 Å². The molecule has 1 fully saturated rings. The lowest BCUT2D eigenvalue weighted by molar-refractivity contribution is 0.0952. The van der Waals surface area contributed by atoms with E-state index in [2.05, 4.69) is 31.7 Å². The summed E-state index contributed by atoms with van der Waals surface area (Å²) in [5.41, 5.74) is 1.37. The Bertz CT molecular complexity index is 785. The number of rotatable bonds is 5. The Labute approximate surface area is 152 Å². The van der Waals surface area contributed by atoms with Crippen LogP contribution >= 0.6 is 0 Å². The lowest BCUT2D eigenvalue weighted by Gasteiger charge is -2.36. The minimum absolute atomic E-state index is 0.230. The van der Waals surface area contributed by atoms with Crippen molar-refractivity contribution in [2.24, 2.45) is 0 Å². The number of hydrogen-bond donors (Lipinski definition) is 1. The number of nitrogens with one attached hydrogen (secondary N) is 1. The molecule has 0 unspecified atom stereocenters. The number of amides is 1. The van der Waals surface area contributed by atoms with Gasteiger partial charge in [0, 0.05) is 44.5 Å². The number of aromatic nitrogens is 2. The van der Waals surface area contributed by atoms with Gasteiger partial charge in [0.25, 0.3) is 5.91 Å². The van der Waals surface area contributed by atoms with E-state index in [-0.39, 0.29) is 11.7 Å². The summed E-state index contributed by atoms with van der Waals surface area (Å²) in [4.78, 5) is 25.2. The van der Waals surface area contributed by atoms with Crippen LogP contribution in [0.25, 0.3) is 0 Å². The second-order valence-electron chi connectivity index (χ2n) is 6.11. The third kappa shape index (κ3) is 4.17. The molecule has 0 spiro atoms. The average Bonchev–Trinajstić information content (AvgIpc) is 2.66. The summed E-state index contributed by atoms with van der Waals surface area (Å²) in [5.74, 6) is 0.847. The van der Waals surface area contributed by atoms with Crippen molar-refractivity contribution >= 4 is 17.4 Å². The summed E-state index contributed by atoms with van der Waals surface area (Å²) in [6, 6.07) is 8.26. The maximum Gasteiger partial charge on any atom is 0.270 e. The fourth-order valence-electron chi connectivity index (χ4n) is 2.93. The van der Waals surface area contributed by atoms with Crippen LogP contribution in [0, 0.1) is 12.7 Å². The van der Waals surface area contributed by atoms with Crippen LogP contribution < -0.4 is 15.1 Å². The summed E-state index contributed by atoms with van der Waals surface area (Å²) >= 11 is 0. The molecule has 1 aliphatic rings. The zero-order valence-corrected chi connectivity index (χ0v) is 14.8. The van der Waals surface area contributed by atoms with Gasteiger partial charge < -0.3 is 15.1 Å². The minimum atomic E-state index is -0.235. The number of piperazine rings is 1. The molecular weight excluding hydrogens is 333 g/mol. The van der Waals surface area contributed by atoms with Crippen LogP contribution in [0.1, 0.15) is 16.3 Å². The number of carbonyl (C=O) groups is 1. The third-order valence-electron chi connectivity index (χ3n) is 4.26. The van der Waals surface area contributed by atoms with E-state index in [0.717, 1.165) is 37.7 Å². The van der Waals surface area contributed by atoms with Crippen molar-refractivity contribution < 1.29 is 9.18 Å². The molecule has 2 heterocycles. The molecule has 2 aromatic rings. The number of halogens is 1. The van der Waals surface area contributed by atoms with Crippen molar-refractivity contribution in [3.05, 3.63) is 60.3 Å². The lowest BCUT2D eigenvalue weighted by atomic mass is 10.2. The van der Waals surface area contributed by atoms with E-state index >= 15 is 0 Å². The molecule has 26 heavy (non-hydrogen) atoms. The molecule has 3 rings (SSSR count). The molecular formula is C19H22FN5O. The number of carbonyl (C=O) groups excluding carboxylic acids is 1. The van der Waals surface area contributed by atoms with Crippen LogP contribution in [0.5, 0.6) is 0 Å². The fraction of sp³-hybridized carbons (Fsp3) is 0.316. The molecule has 7 heteroatoms. The number of hydrogen-bond acceptors (Lipinski definition) is 5. The Hall–Kier alpha value is -2.96. The Morgan fingerprint density at radius 3 is 2.50 bits per heavy atom. The first-order chi connectivity index (χ1) is 12.6. The molecule has 1 saturated heterocycles. The highest BCUT2D eigenvalue weighted by molar-refractivity contribution is 5.93. The molecule has 0 saturated carbocycles. The van der Waals surface area contributed by atoms with Crippen LogP contribution in [0.3, 0.4) is 0 Å². The second kappa shape index (κ2) is 7.95. The Morgan fingerprint density at radius 2 is 1.85 bits per heavy atom. The van der Waals surface area contributed by atoms with Gasteiger partial charge in [-0.2, -0.15) is 0 Å². The van der Waals surface area contributed by atoms with Crippen LogP contribution in [0.15, 0.2) is 43.0 Å². The van der Waals surface area contributed by atoms with Gasteiger partial charge in [-0.1, -0.05) is 6.08 Å². The molecule has 0 aliphatic carbocycles. The minimum Gasteiger partial charge on any atom is -0.368 e. The monoisotopic (exact) mass is 355 g/mol. The molecule has 1 amide bonds. The highest BCUT2D eigenvalue weighted by Crippen LogP contribution is 2.20. The summed E-state index contributed by atoms with van der Waals surface area (Å²) < 4.78 is 13.1. The molecule has 0 bridgehead atoms. The van der Waals surface area contributed by atoms with Crippen LogP contribution in [-0.2, 0) is 0 Å². The van der Waals surface area contributed by atoms with Crippen molar-refractivity contribution in [3.63, 3.8) is 0 Å². The predicted molar refractivity (Wildman–Crippen MR) is 100 cm³/mol. The third-order valence-corrected chi connectivity index (χ3v) is 4.26. The van der Waals surface area contributed by atoms with Crippen molar-refractivity contribution in [2.75, 3.05) is 42.5 Å². The van der Waals surface area contributed by atoms with Gasteiger partial charge in [-0.05, 0) is 31.2 Å². The first-order valence-electron chi connectivity index (χ1n) is 8.57. The van der Waals surface area contributed by atoms with Gasteiger partial charge >= 0.3 is 0 Å². The lowest BCUT2D eigenvalue weighted by Crippen LogP contribution is -2.47. The SMILES string of the molecule is C=CCNC(=O)c1cc(N2CCN(c3ccc(F)cc3)CC2)nc(C)n1. The van der Waals surface area contributed by atoms with E-state index in [1.165, 1.54) is 12.1 Å². The van der Waals surface area contributed by atoms with Gasteiger partial charge in [0.2, 0.25) is 0 Å². The standard InChI is InChI=1S/C19H22FN5O/c1-3-8-21-19(26)17-13-18(23-14(2)22-17)25-11-9-24(10-12-25)16-6-4-15(20)5-7-16/h3-7,13H,1,8-12H2,2H3,(H,21,26). The Morgan fingerprint density at radius 1 is 1.19 bits per heavy atom. The maximum atomic E-state index is 13.1. The Kier molecular flexibility index (Phi) is 5.46. The zero-order valence-electron chi connectivity index (χ0n) is 14.8. The largest absolute Gasteiger partial charge is 0.368 e. The molecule has 1 aliphatic heterocycles. The van der Waals surface area contributed by atoms with Crippen LogP contribution in [0.4, 0.5) is 15.9 Å².